The number of anilines is 2. The number of fused-ring (bicyclic) bond motifs is 1. The molecule has 1 aliphatic rings. The average Bonchev–Trinajstić information content (AvgIpc) is 2.38. The number of hydrogen-bond donors (Lipinski definition) is 2. The van der Waals surface area contributed by atoms with Crippen LogP contribution in [0.2, 0.25) is 0 Å². The summed E-state index contributed by atoms with van der Waals surface area (Å²) in [5.74, 6) is 0.0125. The first kappa shape index (κ1) is 12.4. The molecule has 0 bridgehead atoms. The quantitative estimate of drug-likeness (QED) is 0.832. The zero-order valence-electron chi connectivity index (χ0n) is 10.3. The third-order valence-electron chi connectivity index (χ3n) is 3.11. The first-order valence-electron chi connectivity index (χ1n) is 5.97. The van der Waals surface area contributed by atoms with E-state index in [0.29, 0.717) is 12.1 Å². The highest BCUT2D eigenvalue weighted by molar-refractivity contribution is 6.03. The van der Waals surface area contributed by atoms with E-state index in [4.69, 9.17) is 11.0 Å². The van der Waals surface area contributed by atoms with Crippen molar-refractivity contribution in [3.05, 3.63) is 23.8 Å². The number of rotatable bonds is 3. The molecule has 0 spiro atoms. The Kier molecular flexibility index (Phi) is 3.49. The van der Waals surface area contributed by atoms with Crippen LogP contribution in [0.3, 0.4) is 0 Å². The van der Waals surface area contributed by atoms with Gasteiger partial charge in [-0.1, -0.05) is 0 Å². The second kappa shape index (κ2) is 5.07. The largest absolute Gasteiger partial charge is 0.374 e. The molecule has 5 nitrogen and oxygen atoms in total. The Hall–Kier alpha value is -2.06. The fraction of sp³-hybridized carbons (Fsp3) is 0.385. The highest BCUT2D eigenvalue weighted by atomic mass is 16.2. The average molecular weight is 244 g/mol. The van der Waals surface area contributed by atoms with E-state index in [1.807, 2.05) is 13.0 Å². The first-order valence-corrected chi connectivity index (χ1v) is 5.97. The van der Waals surface area contributed by atoms with E-state index < -0.39 is 0 Å². The van der Waals surface area contributed by atoms with Crippen molar-refractivity contribution in [2.24, 2.45) is 5.73 Å². The van der Waals surface area contributed by atoms with Gasteiger partial charge in [0.15, 0.2) is 0 Å². The van der Waals surface area contributed by atoms with Crippen LogP contribution in [-0.2, 0) is 4.79 Å². The van der Waals surface area contributed by atoms with Gasteiger partial charge in [0, 0.05) is 6.04 Å². The molecular formula is C13H16N4O. The van der Waals surface area contributed by atoms with E-state index in [1.54, 1.807) is 17.0 Å². The summed E-state index contributed by atoms with van der Waals surface area (Å²) < 4.78 is 0. The van der Waals surface area contributed by atoms with Crippen molar-refractivity contribution in [2.45, 2.75) is 19.4 Å². The molecule has 1 aromatic carbocycles. The number of nitrogens with zero attached hydrogens (tertiary/aromatic N) is 2. The Morgan fingerprint density at radius 2 is 2.39 bits per heavy atom. The van der Waals surface area contributed by atoms with E-state index in [9.17, 15) is 4.79 Å². The summed E-state index contributed by atoms with van der Waals surface area (Å²) in [6, 6.07) is 7.45. The number of nitrogens with two attached hydrogens (primary N) is 1. The smallest absolute Gasteiger partial charge is 0.246 e. The maximum atomic E-state index is 12.0. The van der Waals surface area contributed by atoms with Crippen LogP contribution in [-0.4, -0.2) is 25.0 Å². The van der Waals surface area contributed by atoms with E-state index >= 15 is 0 Å². The Balaban J connectivity index is 2.42. The topological polar surface area (TPSA) is 82.2 Å². The van der Waals surface area contributed by atoms with E-state index in [1.165, 1.54) is 0 Å². The minimum atomic E-state index is 0.0125. The summed E-state index contributed by atoms with van der Waals surface area (Å²) in [7, 11) is 0. The summed E-state index contributed by atoms with van der Waals surface area (Å²) in [5, 5.41) is 12.0. The lowest BCUT2D eigenvalue weighted by atomic mass is 10.1. The Labute approximate surface area is 106 Å². The van der Waals surface area contributed by atoms with E-state index in [2.05, 4.69) is 11.4 Å². The van der Waals surface area contributed by atoms with Gasteiger partial charge in [-0.05, 0) is 38.1 Å². The normalized spacial score (nSPS) is 15.6. The van der Waals surface area contributed by atoms with Crippen LogP contribution in [0.25, 0.3) is 0 Å². The molecule has 1 unspecified atom stereocenters. The number of carbonyl (C=O) groups is 1. The molecule has 1 aromatic rings. The highest BCUT2D eigenvalue weighted by Crippen LogP contribution is 2.32. The Morgan fingerprint density at radius 1 is 1.61 bits per heavy atom. The third-order valence-corrected chi connectivity index (χ3v) is 3.11. The summed E-state index contributed by atoms with van der Waals surface area (Å²) in [6.07, 6.45) is 0.738. The molecule has 0 saturated carbocycles. The van der Waals surface area contributed by atoms with Gasteiger partial charge in [0.05, 0.1) is 29.6 Å². The van der Waals surface area contributed by atoms with Crippen molar-refractivity contribution in [3.8, 4) is 6.07 Å². The second-order valence-corrected chi connectivity index (χ2v) is 4.39. The Morgan fingerprint density at radius 3 is 3.06 bits per heavy atom. The standard InChI is InChI=1S/C13H16N4O/c1-9(4-5-14)17-12-6-10(7-15)2-3-11(12)16-8-13(17)18/h2-3,6,9,16H,4-5,8,14H2,1H3. The van der Waals surface area contributed by atoms with Crippen LogP contribution in [0.5, 0.6) is 0 Å². The molecule has 2 rings (SSSR count). The lowest BCUT2D eigenvalue weighted by Crippen LogP contribution is -2.46. The van der Waals surface area contributed by atoms with Crippen LogP contribution in [0.4, 0.5) is 11.4 Å². The number of carbonyl (C=O) groups excluding carboxylic acids is 1. The van der Waals surface area contributed by atoms with Gasteiger partial charge in [-0.25, -0.2) is 0 Å². The molecule has 94 valence electrons. The molecule has 0 saturated heterocycles. The number of amides is 1. The van der Waals surface area contributed by atoms with E-state index in [-0.39, 0.29) is 18.5 Å². The van der Waals surface area contributed by atoms with E-state index in [0.717, 1.165) is 17.8 Å². The number of benzene rings is 1. The molecule has 0 fully saturated rings. The Bertz CT molecular complexity index is 506. The number of nitrogens with one attached hydrogen (secondary N) is 1. The molecule has 0 aromatic heterocycles. The summed E-state index contributed by atoms with van der Waals surface area (Å²) in [4.78, 5) is 13.7. The van der Waals surface area contributed by atoms with Crippen molar-refractivity contribution in [3.63, 3.8) is 0 Å². The molecule has 0 radical (unpaired) electrons. The van der Waals surface area contributed by atoms with Crippen molar-refractivity contribution in [1.82, 2.24) is 0 Å². The summed E-state index contributed by atoms with van der Waals surface area (Å²) >= 11 is 0. The molecule has 18 heavy (non-hydrogen) atoms. The minimum Gasteiger partial charge on any atom is -0.374 e. The lowest BCUT2D eigenvalue weighted by Gasteiger charge is -2.34. The fourth-order valence-electron chi connectivity index (χ4n) is 2.19. The zero-order valence-corrected chi connectivity index (χ0v) is 10.3. The molecule has 5 heteroatoms. The first-order chi connectivity index (χ1) is 8.67. The summed E-state index contributed by atoms with van der Waals surface area (Å²) in [6.45, 7) is 2.79. The van der Waals surface area contributed by atoms with Crippen molar-refractivity contribution in [2.75, 3.05) is 23.3 Å². The lowest BCUT2D eigenvalue weighted by molar-refractivity contribution is -0.117. The maximum Gasteiger partial charge on any atom is 0.246 e. The van der Waals surface area contributed by atoms with Crippen molar-refractivity contribution < 1.29 is 4.79 Å². The number of nitriles is 1. The van der Waals surface area contributed by atoms with Crippen LogP contribution in [0.1, 0.15) is 18.9 Å². The van der Waals surface area contributed by atoms with Crippen LogP contribution in [0, 0.1) is 11.3 Å². The molecule has 3 N–H and O–H groups in total. The van der Waals surface area contributed by atoms with Gasteiger partial charge < -0.3 is 16.0 Å². The van der Waals surface area contributed by atoms with Gasteiger partial charge in [0.25, 0.3) is 0 Å². The molecule has 0 aliphatic carbocycles. The predicted molar refractivity (Wildman–Crippen MR) is 70.3 cm³/mol. The monoisotopic (exact) mass is 244 g/mol. The molecular weight excluding hydrogens is 228 g/mol. The fourth-order valence-corrected chi connectivity index (χ4v) is 2.19. The molecule has 1 atom stereocenters. The van der Waals surface area contributed by atoms with Gasteiger partial charge in [-0.2, -0.15) is 5.26 Å². The number of hydrogen-bond acceptors (Lipinski definition) is 4. The predicted octanol–water partition coefficient (Wildman–Crippen LogP) is 1.05. The molecule has 1 amide bonds. The second-order valence-electron chi connectivity index (χ2n) is 4.39. The third kappa shape index (κ3) is 2.15. The van der Waals surface area contributed by atoms with Crippen molar-refractivity contribution >= 4 is 17.3 Å². The minimum absolute atomic E-state index is 0.0125. The van der Waals surface area contributed by atoms with Crippen LogP contribution in [0.15, 0.2) is 18.2 Å². The van der Waals surface area contributed by atoms with Gasteiger partial charge >= 0.3 is 0 Å². The van der Waals surface area contributed by atoms with Crippen molar-refractivity contribution in [1.29, 1.82) is 5.26 Å². The van der Waals surface area contributed by atoms with Gasteiger partial charge in [-0.3, -0.25) is 4.79 Å². The van der Waals surface area contributed by atoms with Crippen LogP contribution >= 0.6 is 0 Å². The maximum absolute atomic E-state index is 12.0. The highest BCUT2D eigenvalue weighted by Gasteiger charge is 2.27. The van der Waals surface area contributed by atoms with Gasteiger partial charge in [0.1, 0.15) is 0 Å². The van der Waals surface area contributed by atoms with Gasteiger partial charge in [0.2, 0.25) is 5.91 Å². The SMILES string of the molecule is CC(CCN)N1C(=O)CNc2ccc(C#N)cc21. The van der Waals surface area contributed by atoms with Crippen LogP contribution < -0.4 is 16.0 Å². The zero-order chi connectivity index (χ0) is 13.1. The molecule has 1 aliphatic heterocycles. The van der Waals surface area contributed by atoms with Gasteiger partial charge in [-0.15, -0.1) is 0 Å². The molecule has 1 heterocycles. The summed E-state index contributed by atoms with van der Waals surface area (Å²) in [5.41, 5.74) is 7.76.